The maximum atomic E-state index is 13.7. The van der Waals surface area contributed by atoms with Crippen LogP contribution in [0.15, 0.2) is 28.7 Å². The van der Waals surface area contributed by atoms with Gasteiger partial charge in [-0.1, -0.05) is 15.9 Å². The highest BCUT2D eigenvalue weighted by Crippen LogP contribution is 2.34. The molecule has 0 atom stereocenters. The first kappa shape index (κ1) is 13.7. The molecule has 7 heteroatoms. The average molecular weight is 374 g/mol. The molecule has 0 amide bonds. The van der Waals surface area contributed by atoms with Gasteiger partial charge in [0.05, 0.1) is 5.39 Å². The number of hydrogen-bond acceptors (Lipinski definition) is 4. The molecule has 3 aromatic rings. The van der Waals surface area contributed by atoms with E-state index >= 15 is 0 Å². The van der Waals surface area contributed by atoms with Gasteiger partial charge in [0.2, 0.25) is 11.2 Å². The third-order valence-electron chi connectivity index (χ3n) is 2.55. The molecule has 102 valence electrons. The Kier molecular flexibility index (Phi) is 3.62. The minimum atomic E-state index is -0.469. The van der Waals surface area contributed by atoms with Crippen LogP contribution in [0.1, 0.15) is 4.88 Å². The lowest BCUT2D eigenvalue weighted by Crippen LogP contribution is -1.93. The first-order chi connectivity index (χ1) is 9.52. The second kappa shape index (κ2) is 5.27. The van der Waals surface area contributed by atoms with E-state index in [4.69, 9.17) is 16.3 Å². The molecule has 20 heavy (non-hydrogen) atoms. The molecule has 0 unspecified atom stereocenters. The number of fused-ring (bicyclic) bond motifs is 1. The van der Waals surface area contributed by atoms with Crippen LogP contribution in [0.5, 0.6) is 11.6 Å². The Hall–Kier alpha value is -1.24. The Morgan fingerprint density at radius 3 is 2.90 bits per heavy atom. The number of aryl methyl sites for hydroxylation is 1. The van der Waals surface area contributed by atoms with Gasteiger partial charge in [0.15, 0.2) is 11.6 Å². The highest BCUT2D eigenvalue weighted by molar-refractivity contribution is 9.10. The summed E-state index contributed by atoms with van der Waals surface area (Å²) in [7, 11) is 0. The molecule has 0 aliphatic heterocycles. The quantitative estimate of drug-likeness (QED) is 0.568. The van der Waals surface area contributed by atoms with Crippen LogP contribution in [0.2, 0.25) is 5.28 Å². The second-order valence-electron chi connectivity index (χ2n) is 4.05. The van der Waals surface area contributed by atoms with Crippen molar-refractivity contribution in [1.29, 1.82) is 0 Å². The topological polar surface area (TPSA) is 35.0 Å². The first-order valence-corrected chi connectivity index (χ1v) is 7.58. The van der Waals surface area contributed by atoms with Crippen LogP contribution in [0.25, 0.3) is 10.2 Å². The van der Waals surface area contributed by atoms with Gasteiger partial charge in [-0.2, -0.15) is 4.98 Å². The zero-order valence-electron chi connectivity index (χ0n) is 10.2. The van der Waals surface area contributed by atoms with Gasteiger partial charge < -0.3 is 4.74 Å². The monoisotopic (exact) mass is 372 g/mol. The largest absolute Gasteiger partial charge is 0.435 e. The summed E-state index contributed by atoms with van der Waals surface area (Å²) in [5.74, 6) is -0.135. The molecule has 3 rings (SSSR count). The molecule has 1 aromatic carbocycles. The van der Waals surface area contributed by atoms with Gasteiger partial charge in [-0.15, -0.1) is 11.3 Å². The van der Waals surface area contributed by atoms with Crippen molar-refractivity contribution in [3.63, 3.8) is 0 Å². The molecule has 3 nitrogen and oxygen atoms in total. The number of thiophene rings is 1. The summed E-state index contributed by atoms with van der Waals surface area (Å²) in [4.78, 5) is 9.93. The fourth-order valence-corrected chi connectivity index (χ4v) is 3.15. The SMILES string of the molecule is Cc1cc2c(Oc3cc(Br)ccc3F)nc(Cl)nc2s1. The van der Waals surface area contributed by atoms with Gasteiger partial charge in [-0.25, -0.2) is 9.37 Å². The third-order valence-corrected chi connectivity index (χ3v) is 4.16. The van der Waals surface area contributed by atoms with Crippen molar-refractivity contribution < 1.29 is 9.13 Å². The lowest BCUT2D eigenvalue weighted by molar-refractivity contribution is 0.431. The van der Waals surface area contributed by atoms with Gasteiger partial charge >= 0.3 is 0 Å². The van der Waals surface area contributed by atoms with Crippen molar-refractivity contribution in [2.75, 3.05) is 0 Å². The fraction of sp³-hybridized carbons (Fsp3) is 0.0769. The fourth-order valence-electron chi connectivity index (χ4n) is 1.73. The van der Waals surface area contributed by atoms with Crippen molar-refractivity contribution in [3.05, 3.63) is 44.7 Å². The number of halogens is 3. The van der Waals surface area contributed by atoms with E-state index in [9.17, 15) is 4.39 Å². The minimum absolute atomic E-state index is 0.0738. The van der Waals surface area contributed by atoms with Crippen LogP contribution in [0, 0.1) is 12.7 Å². The average Bonchev–Trinajstić information content (AvgIpc) is 2.74. The number of hydrogen-bond donors (Lipinski definition) is 0. The summed E-state index contributed by atoms with van der Waals surface area (Å²) in [5, 5.41) is 0.793. The molecule has 0 bridgehead atoms. The smallest absolute Gasteiger partial charge is 0.232 e. The van der Waals surface area contributed by atoms with Gasteiger partial charge in [0.25, 0.3) is 0 Å². The third kappa shape index (κ3) is 2.63. The van der Waals surface area contributed by atoms with E-state index in [1.165, 1.54) is 23.5 Å². The predicted molar refractivity (Wildman–Crippen MR) is 81.3 cm³/mol. The highest BCUT2D eigenvalue weighted by Gasteiger charge is 2.14. The standard InChI is InChI=1S/C13H7BrClFN2OS/c1-6-4-8-11(17-13(15)18-12(8)20-6)19-10-5-7(14)2-3-9(10)16/h2-5H,1H3. The van der Waals surface area contributed by atoms with Gasteiger partial charge in [0, 0.05) is 9.35 Å². The zero-order valence-corrected chi connectivity index (χ0v) is 13.3. The Bertz CT molecular complexity index is 808. The lowest BCUT2D eigenvalue weighted by atomic mass is 10.3. The molecule has 0 fully saturated rings. The molecule has 0 N–H and O–H groups in total. The number of ether oxygens (including phenoxy) is 1. The molecule has 0 radical (unpaired) electrons. The molecule has 0 aliphatic rings. The minimum Gasteiger partial charge on any atom is -0.435 e. The number of nitrogens with zero attached hydrogens (tertiary/aromatic N) is 2. The maximum absolute atomic E-state index is 13.7. The van der Waals surface area contributed by atoms with E-state index < -0.39 is 5.82 Å². The van der Waals surface area contributed by atoms with Crippen molar-refractivity contribution in [3.8, 4) is 11.6 Å². The summed E-state index contributed by atoms with van der Waals surface area (Å²) in [5.41, 5.74) is 0. The molecule has 0 saturated carbocycles. The zero-order chi connectivity index (χ0) is 14.3. The summed E-state index contributed by atoms with van der Waals surface area (Å²) >= 11 is 10.6. The van der Waals surface area contributed by atoms with Gasteiger partial charge in [-0.3, -0.25) is 0 Å². The van der Waals surface area contributed by atoms with Crippen LogP contribution in [-0.4, -0.2) is 9.97 Å². The Morgan fingerprint density at radius 2 is 2.10 bits per heavy atom. The van der Waals surface area contributed by atoms with E-state index in [2.05, 4.69) is 25.9 Å². The van der Waals surface area contributed by atoms with Crippen LogP contribution in [0.4, 0.5) is 4.39 Å². The summed E-state index contributed by atoms with van der Waals surface area (Å²) < 4.78 is 20.0. The summed E-state index contributed by atoms with van der Waals surface area (Å²) in [6.45, 7) is 1.95. The van der Waals surface area contributed by atoms with Crippen LogP contribution in [-0.2, 0) is 0 Å². The number of benzene rings is 1. The molecular formula is C13H7BrClFN2OS. The predicted octanol–water partition coefficient (Wildman–Crippen LogP) is 5.35. The van der Waals surface area contributed by atoms with Crippen LogP contribution >= 0.6 is 38.9 Å². The van der Waals surface area contributed by atoms with Gasteiger partial charge in [0.1, 0.15) is 4.83 Å². The molecule has 0 aliphatic carbocycles. The Labute approximate surface area is 131 Å². The van der Waals surface area contributed by atoms with E-state index in [0.29, 0.717) is 9.30 Å². The Balaban J connectivity index is 2.12. The van der Waals surface area contributed by atoms with E-state index in [1.807, 2.05) is 13.0 Å². The summed E-state index contributed by atoms with van der Waals surface area (Å²) in [6, 6.07) is 6.34. The lowest BCUT2D eigenvalue weighted by Gasteiger charge is -2.07. The Morgan fingerprint density at radius 1 is 1.30 bits per heavy atom. The van der Waals surface area contributed by atoms with Crippen molar-refractivity contribution in [2.24, 2.45) is 0 Å². The molecule has 2 aromatic heterocycles. The molecule has 0 saturated heterocycles. The van der Waals surface area contributed by atoms with E-state index in [-0.39, 0.29) is 16.9 Å². The normalized spacial score (nSPS) is 11.0. The van der Waals surface area contributed by atoms with Crippen molar-refractivity contribution in [2.45, 2.75) is 6.92 Å². The van der Waals surface area contributed by atoms with Crippen molar-refractivity contribution in [1.82, 2.24) is 9.97 Å². The van der Waals surface area contributed by atoms with E-state index in [0.717, 1.165) is 10.3 Å². The maximum Gasteiger partial charge on any atom is 0.232 e. The number of aromatic nitrogens is 2. The highest BCUT2D eigenvalue weighted by atomic mass is 79.9. The molecule has 0 spiro atoms. The number of rotatable bonds is 2. The van der Waals surface area contributed by atoms with E-state index in [1.54, 1.807) is 6.07 Å². The first-order valence-electron chi connectivity index (χ1n) is 5.59. The second-order valence-corrected chi connectivity index (χ2v) is 6.54. The van der Waals surface area contributed by atoms with Crippen LogP contribution < -0.4 is 4.74 Å². The molecule has 2 heterocycles. The molecular weight excluding hydrogens is 367 g/mol. The van der Waals surface area contributed by atoms with Crippen molar-refractivity contribution >= 4 is 49.1 Å². The van der Waals surface area contributed by atoms with Crippen LogP contribution in [0.3, 0.4) is 0 Å². The summed E-state index contributed by atoms with van der Waals surface area (Å²) in [6.07, 6.45) is 0. The van der Waals surface area contributed by atoms with Gasteiger partial charge in [-0.05, 0) is 42.8 Å².